The van der Waals surface area contributed by atoms with E-state index in [1.807, 2.05) is 61.5 Å². The zero-order valence-electron chi connectivity index (χ0n) is 12.8. The van der Waals surface area contributed by atoms with Crippen LogP contribution in [0.15, 0.2) is 54.6 Å². The first-order valence-electron chi connectivity index (χ1n) is 7.33. The molecule has 0 fully saturated rings. The Kier molecular flexibility index (Phi) is 5.12. The number of quaternary nitrogens is 1. The maximum absolute atomic E-state index is 12.6. The van der Waals surface area contributed by atoms with Crippen molar-refractivity contribution in [2.75, 3.05) is 5.32 Å². The maximum atomic E-state index is 12.6. The van der Waals surface area contributed by atoms with Crippen molar-refractivity contribution in [2.24, 2.45) is 0 Å². The van der Waals surface area contributed by atoms with E-state index in [2.05, 4.69) is 24.5 Å². The second kappa shape index (κ2) is 7.04. The molecule has 3 nitrogen and oxygen atoms in total. The molecule has 0 heterocycles. The lowest BCUT2D eigenvalue weighted by atomic mass is 10.1. The summed E-state index contributed by atoms with van der Waals surface area (Å²) < 4.78 is 0. The SMILES string of the molecule is Cc1ccc(NC(=O)[C@@H]([NH2+]C(C)C)c2ccccc2)cc1. The molecule has 2 aromatic rings. The average molecular weight is 283 g/mol. The summed E-state index contributed by atoms with van der Waals surface area (Å²) in [5.41, 5.74) is 3.04. The molecule has 0 saturated heterocycles. The molecule has 2 aromatic carbocycles. The molecule has 0 aliphatic carbocycles. The smallest absolute Gasteiger partial charge is 0.287 e. The molecule has 3 heteroatoms. The standard InChI is InChI=1S/C18H22N2O/c1-13(2)19-17(15-7-5-4-6-8-15)18(21)20-16-11-9-14(3)10-12-16/h4-13,17,19H,1-3H3,(H,20,21)/p+1/t17-/m0/s1. The molecule has 0 unspecified atom stereocenters. The van der Waals surface area contributed by atoms with Crippen molar-refractivity contribution >= 4 is 11.6 Å². The van der Waals surface area contributed by atoms with Crippen LogP contribution in [-0.2, 0) is 4.79 Å². The van der Waals surface area contributed by atoms with Crippen molar-refractivity contribution in [1.82, 2.24) is 0 Å². The summed E-state index contributed by atoms with van der Waals surface area (Å²) in [5.74, 6) is 0.0127. The van der Waals surface area contributed by atoms with Crippen LogP contribution >= 0.6 is 0 Å². The highest BCUT2D eigenvalue weighted by Gasteiger charge is 2.24. The fourth-order valence-corrected chi connectivity index (χ4v) is 2.25. The first-order valence-corrected chi connectivity index (χ1v) is 7.33. The highest BCUT2D eigenvalue weighted by molar-refractivity contribution is 5.94. The van der Waals surface area contributed by atoms with E-state index < -0.39 is 0 Å². The monoisotopic (exact) mass is 283 g/mol. The first-order chi connectivity index (χ1) is 10.1. The minimum absolute atomic E-state index is 0.0127. The van der Waals surface area contributed by atoms with Gasteiger partial charge in [-0.15, -0.1) is 0 Å². The molecule has 1 amide bonds. The number of hydrogen-bond acceptors (Lipinski definition) is 1. The Hall–Kier alpha value is -2.13. The molecule has 110 valence electrons. The van der Waals surface area contributed by atoms with Crippen LogP contribution in [0.25, 0.3) is 0 Å². The van der Waals surface area contributed by atoms with Crippen molar-refractivity contribution in [3.05, 3.63) is 65.7 Å². The zero-order chi connectivity index (χ0) is 15.2. The Bertz CT molecular complexity index is 576. The van der Waals surface area contributed by atoms with Crippen LogP contribution in [0.1, 0.15) is 31.0 Å². The number of hydrogen-bond donors (Lipinski definition) is 2. The number of nitrogens with two attached hydrogens (primary N) is 1. The van der Waals surface area contributed by atoms with Gasteiger partial charge >= 0.3 is 0 Å². The zero-order valence-corrected chi connectivity index (χ0v) is 12.8. The van der Waals surface area contributed by atoms with Gasteiger partial charge in [0.2, 0.25) is 0 Å². The third kappa shape index (κ3) is 4.43. The summed E-state index contributed by atoms with van der Waals surface area (Å²) in [6, 6.07) is 17.9. The van der Waals surface area contributed by atoms with E-state index in [0.29, 0.717) is 6.04 Å². The second-order valence-corrected chi connectivity index (χ2v) is 5.68. The average Bonchev–Trinajstić information content (AvgIpc) is 2.48. The molecule has 0 bridgehead atoms. The molecule has 0 saturated carbocycles. The van der Waals surface area contributed by atoms with Crippen LogP contribution in [0.3, 0.4) is 0 Å². The third-order valence-corrected chi connectivity index (χ3v) is 3.34. The minimum Gasteiger partial charge on any atom is -0.330 e. The van der Waals surface area contributed by atoms with E-state index in [1.54, 1.807) is 0 Å². The maximum Gasteiger partial charge on any atom is 0.287 e. The lowest BCUT2D eigenvalue weighted by Crippen LogP contribution is -2.91. The van der Waals surface area contributed by atoms with Gasteiger partial charge in [-0.1, -0.05) is 48.0 Å². The summed E-state index contributed by atoms with van der Waals surface area (Å²) in [4.78, 5) is 12.6. The predicted octanol–water partition coefficient (Wildman–Crippen LogP) is 2.65. The molecule has 0 aliphatic heterocycles. The lowest BCUT2D eigenvalue weighted by molar-refractivity contribution is -0.709. The molecular formula is C18H23N2O+. The molecule has 0 aliphatic rings. The Labute approximate surface area is 126 Å². The normalized spacial score (nSPS) is 12.2. The van der Waals surface area contributed by atoms with Gasteiger partial charge in [0.1, 0.15) is 0 Å². The van der Waals surface area contributed by atoms with Crippen LogP contribution in [-0.4, -0.2) is 11.9 Å². The van der Waals surface area contributed by atoms with Gasteiger partial charge in [-0.3, -0.25) is 4.79 Å². The topological polar surface area (TPSA) is 45.7 Å². The number of anilines is 1. The van der Waals surface area contributed by atoms with Crippen LogP contribution < -0.4 is 10.6 Å². The quantitative estimate of drug-likeness (QED) is 0.870. The molecule has 21 heavy (non-hydrogen) atoms. The van der Waals surface area contributed by atoms with Gasteiger partial charge in [-0.2, -0.15) is 0 Å². The van der Waals surface area contributed by atoms with Crippen molar-refractivity contribution in [3.63, 3.8) is 0 Å². The molecule has 3 N–H and O–H groups in total. The van der Waals surface area contributed by atoms with E-state index in [4.69, 9.17) is 0 Å². The molecular weight excluding hydrogens is 260 g/mol. The minimum atomic E-state index is -0.229. The fraction of sp³-hybridized carbons (Fsp3) is 0.278. The summed E-state index contributed by atoms with van der Waals surface area (Å²) in [7, 11) is 0. The molecule has 0 aromatic heterocycles. The summed E-state index contributed by atoms with van der Waals surface area (Å²) in [6.07, 6.45) is 0. The number of aryl methyl sites for hydroxylation is 1. The Balaban J connectivity index is 2.16. The van der Waals surface area contributed by atoms with Gasteiger partial charge in [0.15, 0.2) is 6.04 Å². The molecule has 2 rings (SSSR count). The van der Waals surface area contributed by atoms with E-state index in [0.717, 1.165) is 11.3 Å². The first kappa shape index (κ1) is 15.3. The van der Waals surface area contributed by atoms with Crippen LogP contribution in [0, 0.1) is 6.92 Å². The summed E-state index contributed by atoms with van der Waals surface area (Å²) in [6.45, 7) is 6.22. The van der Waals surface area contributed by atoms with Gasteiger partial charge in [0.05, 0.1) is 6.04 Å². The largest absolute Gasteiger partial charge is 0.330 e. The van der Waals surface area contributed by atoms with E-state index in [1.165, 1.54) is 5.56 Å². The van der Waals surface area contributed by atoms with Crippen molar-refractivity contribution in [2.45, 2.75) is 32.9 Å². The second-order valence-electron chi connectivity index (χ2n) is 5.68. The van der Waals surface area contributed by atoms with Crippen LogP contribution in [0.2, 0.25) is 0 Å². The number of nitrogens with one attached hydrogen (secondary N) is 1. The van der Waals surface area contributed by atoms with Crippen molar-refractivity contribution < 1.29 is 10.1 Å². The van der Waals surface area contributed by atoms with Crippen LogP contribution in [0.5, 0.6) is 0 Å². The van der Waals surface area contributed by atoms with Crippen molar-refractivity contribution in [3.8, 4) is 0 Å². The van der Waals surface area contributed by atoms with Gasteiger partial charge < -0.3 is 10.6 Å². The van der Waals surface area contributed by atoms with Gasteiger partial charge in [-0.25, -0.2) is 0 Å². The highest BCUT2D eigenvalue weighted by Crippen LogP contribution is 2.14. The number of amides is 1. The molecule has 1 atom stereocenters. The van der Waals surface area contributed by atoms with E-state index >= 15 is 0 Å². The van der Waals surface area contributed by atoms with Gasteiger partial charge in [0, 0.05) is 11.3 Å². The van der Waals surface area contributed by atoms with E-state index in [-0.39, 0.29) is 11.9 Å². The van der Waals surface area contributed by atoms with Gasteiger partial charge in [-0.05, 0) is 32.9 Å². The Morgan fingerprint density at radius 1 is 1.00 bits per heavy atom. The number of benzene rings is 2. The Morgan fingerprint density at radius 2 is 1.62 bits per heavy atom. The number of rotatable bonds is 5. The van der Waals surface area contributed by atoms with Crippen molar-refractivity contribution in [1.29, 1.82) is 0 Å². The van der Waals surface area contributed by atoms with E-state index in [9.17, 15) is 4.79 Å². The summed E-state index contributed by atoms with van der Waals surface area (Å²) in [5, 5.41) is 5.09. The molecule has 0 radical (unpaired) electrons. The third-order valence-electron chi connectivity index (χ3n) is 3.34. The van der Waals surface area contributed by atoms with Gasteiger partial charge in [0.25, 0.3) is 5.91 Å². The number of carbonyl (C=O) groups excluding carboxylic acids is 1. The fourth-order valence-electron chi connectivity index (χ4n) is 2.25. The Morgan fingerprint density at radius 3 is 2.19 bits per heavy atom. The lowest BCUT2D eigenvalue weighted by Gasteiger charge is -2.18. The van der Waals surface area contributed by atoms with Crippen LogP contribution in [0.4, 0.5) is 5.69 Å². The number of carbonyl (C=O) groups is 1. The summed E-state index contributed by atoms with van der Waals surface area (Å²) >= 11 is 0. The molecule has 0 spiro atoms. The highest BCUT2D eigenvalue weighted by atomic mass is 16.2. The predicted molar refractivity (Wildman–Crippen MR) is 86.1 cm³/mol.